The lowest BCUT2D eigenvalue weighted by molar-refractivity contribution is -0.0974. The largest absolute Gasteiger partial charge is 0.354 e. The summed E-state index contributed by atoms with van der Waals surface area (Å²) in [7, 11) is 2.99. The predicted octanol–water partition coefficient (Wildman–Crippen LogP) is 2.40. The molecule has 0 aliphatic heterocycles. The first-order valence-electron chi connectivity index (χ1n) is 4.37. The van der Waals surface area contributed by atoms with Gasteiger partial charge in [-0.15, -0.1) is 11.3 Å². The van der Waals surface area contributed by atoms with Crippen LogP contribution in [-0.4, -0.2) is 33.0 Å². The first kappa shape index (κ1) is 13.7. The number of hydrogen-bond acceptors (Lipinski definition) is 4. The van der Waals surface area contributed by atoms with Crippen LogP contribution in [0.1, 0.15) is 10.4 Å². The third kappa shape index (κ3) is 3.61. The summed E-state index contributed by atoms with van der Waals surface area (Å²) in [4.78, 5) is 11.7. The fourth-order valence-corrected chi connectivity index (χ4v) is 2.49. The standard InChI is InChI=1S/C9H11Cl2NO3S/c1-14-7(15-2)4-12-9(13)5-3-6(10)16-8(5)11/h3,7H,4H2,1-2H3,(H,12,13). The van der Waals surface area contributed by atoms with Crippen molar-refractivity contribution in [3.63, 3.8) is 0 Å². The third-order valence-corrected chi connectivity index (χ3v) is 3.34. The van der Waals surface area contributed by atoms with Crippen molar-refractivity contribution < 1.29 is 14.3 Å². The van der Waals surface area contributed by atoms with Crippen molar-refractivity contribution in [2.24, 2.45) is 0 Å². The Bertz CT molecular complexity index is 366. The maximum absolute atomic E-state index is 11.7. The Labute approximate surface area is 107 Å². The number of ether oxygens (including phenoxy) is 2. The van der Waals surface area contributed by atoms with E-state index in [9.17, 15) is 4.79 Å². The van der Waals surface area contributed by atoms with Crippen molar-refractivity contribution in [2.45, 2.75) is 6.29 Å². The van der Waals surface area contributed by atoms with Crippen molar-refractivity contribution in [1.29, 1.82) is 0 Å². The molecule has 0 aliphatic rings. The zero-order valence-corrected chi connectivity index (χ0v) is 11.1. The molecule has 1 rings (SSSR count). The lowest BCUT2D eigenvalue weighted by Crippen LogP contribution is -2.34. The van der Waals surface area contributed by atoms with Crippen molar-refractivity contribution in [3.05, 3.63) is 20.3 Å². The van der Waals surface area contributed by atoms with Crippen LogP contribution in [0.5, 0.6) is 0 Å². The Morgan fingerprint density at radius 3 is 2.56 bits per heavy atom. The Kier molecular flexibility index (Phi) is 5.51. The predicted molar refractivity (Wildman–Crippen MR) is 64.5 cm³/mol. The van der Waals surface area contributed by atoms with Gasteiger partial charge in [-0.2, -0.15) is 0 Å². The number of methoxy groups -OCH3 is 2. The smallest absolute Gasteiger partial charge is 0.253 e. The summed E-state index contributed by atoms with van der Waals surface area (Å²) in [5.41, 5.74) is 0.364. The van der Waals surface area contributed by atoms with E-state index in [-0.39, 0.29) is 12.5 Å². The highest BCUT2D eigenvalue weighted by molar-refractivity contribution is 7.20. The molecule has 1 N–H and O–H groups in total. The summed E-state index contributed by atoms with van der Waals surface area (Å²) in [5, 5.41) is 2.63. The van der Waals surface area contributed by atoms with Gasteiger partial charge in [-0.25, -0.2) is 0 Å². The van der Waals surface area contributed by atoms with Crippen molar-refractivity contribution in [3.8, 4) is 0 Å². The summed E-state index contributed by atoms with van der Waals surface area (Å²) in [6.45, 7) is 0.246. The lowest BCUT2D eigenvalue weighted by atomic mass is 10.3. The molecule has 0 saturated carbocycles. The van der Waals surface area contributed by atoms with Gasteiger partial charge in [0, 0.05) is 14.2 Å². The molecule has 0 aliphatic carbocycles. The van der Waals surface area contributed by atoms with Crippen molar-refractivity contribution in [1.82, 2.24) is 5.32 Å². The molecule has 0 bridgehead atoms. The molecule has 1 amide bonds. The van der Waals surface area contributed by atoms with Gasteiger partial charge in [-0.05, 0) is 6.07 Å². The van der Waals surface area contributed by atoms with E-state index >= 15 is 0 Å². The summed E-state index contributed by atoms with van der Waals surface area (Å²) in [6.07, 6.45) is -0.475. The van der Waals surface area contributed by atoms with Gasteiger partial charge < -0.3 is 14.8 Å². The SMILES string of the molecule is COC(CNC(=O)c1cc(Cl)sc1Cl)OC. The van der Waals surface area contributed by atoms with Gasteiger partial charge in [0.25, 0.3) is 5.91 Å². The van der Waals surface area contributed by atoms with Crippen LogP contribution in [0.25, 0.3) is 0 Å². The molecule has 7 heteroatoms. The number of amides is 1. The summed E-state index contributed by atoms with van der Waals surface area (Å²) in [6, 6.07) is 1.53. The van der Waals surface area contributed by atoms with Gasteiger partial charge in [0.2, 0.25) is 0 Å². The molecule has 4 nitrogen and oxygen atoms in total. The number of carbonyl (C=O) groups excluding carboxylic acids is 1. The number of thiophene rings is 1. The van der Waals surface area contributed by atoms with Gasteiger partial charge in [-0.1, -0.05) is 23.2 Å². The van der Waals surface area contributed by atoms with E-state index in [4.69, 9.17) is 32.7 Å². The van der Waals surface area contributed by atoms with Crippen LogP contribution in [0.2, 0.25) is 8.67 Å². The Balaban J connectivity index is 2.56. The van der Waals surface area contributed by atoms with Crippen LogP contribution in [0.4, 0.5) is 0 Å². The molecular formula is C9H11Cl2NO3S. The summed E-state index contributed by atoms with van der Waals surface area (Å²) >= 11 is 12.7. The molecule has 1 heterocycles. The molecule has 0 atom stereocenters. The molecule has 16 heavy (non-hydrogen) atoms. The van der Waals surface area contributed by atoms with Crippen LogP contribution in [0, 0.1) is 0 Å². The zero-order chi connectivity index (χ0) is 12.1. The van der Waals surface area contributed by atoms with Crippen LogP contribution in [0.15, 0.2) is 6.07 Å². The average molecular weight is 284 g/mol. The van der Waals surface area contributed by atoms with Crippen LogP contribution in [-0.2, 0) is 9.47 Å². The van der Waals surface area contributed by atoms with Crippen LogP contribution in [0.3, 0.4) is 0 Å². The average Bonchev–Trinajstić information content (AvgIpc) is 2.59. The number of halogens is 2. The highest BCUT2D eigenvalue weighted by Gasteiger charge is 2.15. The fourth-order valence-electron chi connectivity index (χ4n) is 1.03. The van der Waals surface area contributed by atoms with Crippen LogP contribution < -0.4 is 5.32 Å². The summed E-state index contributed by atoms with van der Waals surface area (Å²) in [5.74, 6) is -0.299. The Morgan fingerprint density at radius 1 is 1.50 bits per heavy atom. The number of hydrogen-bond donors (Lipinski definition) is 1. The number of carbonyl (C=O) groups is 1. The minimum Gasteiger partial charge on any atom is -0.354 e. The first-order chi connectivity index (χ1) is 7.58. The minimum absolute atomic E-state index is 0.246. The number of nitrogens with one attached hydrogen (secondary N) is 1. The second-order valence-electron chi connectivity index (χ2n) is 2.85. The zero-order valence-electron chi connectivity index (χ0n) is 8.75. The van der Waals surface area contributed by atoms with Crippen molar-refractivity contribution in [2.75, 3.05) is 20.8 Å². The van der Waals surface area contributed by atoms with Gasteiger partial charge in [0.15, 0.2) is 6.29 Å². The second kappa shape index (κ2) is 6.42. The van der Waals surface area contributed by atoms with Gasteiger partial charge in [0.1, 0.15) is 4.34 Å². The molecule has 0 spiro atoms. The summed E-state index contributed by atoms with van der Waals surface area (Å²) < 4.78 is 10.7. The van der Waals surface area contributed by atoms with Crippen LogP contribution >= 0.6 is 34.5 Å². The Morgan fingerprint density at radius 2 is 2.12 bits per heavy atom. The maximum Gasteiger partial charge on any atom is 0.253 e. The highest BCUT2D eigenvalue weighted by atomic mass is 35.5. The molecule has 0 fully saturated rings. The van der Waals surface area contributed by atoms with E-state index in [0.717, 1.165) is 11.3 Å². The molecule has 1 aromatic rings. The Hall–Kier alpha value is -0.330. The minimum atomic E-state index is -0.475. The molecule has 1 aromatic heterocycles. The fraction of sp³-hybridized carbons (Fsp3) is 0.444. The topological polar surface area (TPSA) is 47.6 Å². The van der Waals surface area contributed by atoms with E-state index in [2.05, 4.69) is 5.32 Å². The normalized spacial score (nSPS) is 10.8. The quantitative estimate of drug-likeness (QED) is 0.845. The van der Waals surface area contributed by atoms with E-state index in [1.807, 2.05) is 0 Å². The van der Waals surface area contributed by atoms with E-state index in [0.29, 0.717) is 14.2 Å². The lowest BCUT2D eigenvalue weighted by Gasteiger charge is -2.13. The van der Waals surface area contributed by atoms with E-state index in [1.54, 1.807) is 0 Å². The highest BCUT2D eigenvalue weighted by Crippen LogP contribution is 2.30. The second-order valence-corrected chi connectivity index (χ2v) is 5.13. The molecule has 0 aromatic carbocycles. The molecular weight excluding hydrogens is 273 g/mol. The molecule has 0 unspecified atom stereocenters. The van der Waals surface area contributed by atoms with Gasteiger partial charge in [-0.3, -0.25) is 4.79 Å². The molecule has 0 radical (unpaired) electrons. The number of rotatable bonds is 5. The monoisotopic (exact) mass is 283 g/mol. The van der Waals surface area contributed by atoms with Crippen molar-refractivity contribution >= 4 is 40.4 Å². The maximum atomic E-state index is 11.7. The first-order valence-corrected chi connectivity index (χ1v) is 5.94. The van der Waals surface area contributed by atoms with E-state index in [1.165, 1.54) is 20.3 Å². The van der Waals surface area contributed by atoms with E-state index < -0.39 is 6.29 Å². The molecule has 90 valence electrons. The molecule has 0 saturated heterocycles. The third-order valence-electron chi connectivity index (χ3n) is 1.86. The van der Waals surface area contributed by atoms with Gasteiger partial charge in [0.05, 0.1) is 16.4 Å². The van der Waals surface area contributed by atoms with Gasteiger partial charge >= 0.3 is 0 Å².